The summed E-state index contributed by atoms with van der Waals surface area (Å²) in [7, 11) is 0. The van der Waals surface area contributed by atoms with Crippen molar-refractivity contribution in [2.45, 2.75) is 0 Å². The van der Waals surface area contributed by atoms with Gasteiger partial charge in [0.15, 0.2) is 0 Å². The molecular weight excluding hydrogens is 399 g/mol. The first-order valence-corrected chi connectivity index (χ1v) is 2.63. The van der Waals surface area contributed by atoms with E-state index >= 15 is 0 Å². The summed E-state index contributed by atoms with van der Waals surface area (Å²) in [4.78, 5) is 0. The van der Waals surface area contributed by atoms with Crippen LogP contribution in [0.2, 0.25) is 0 Å². The van der Waals surface area contributed by atoms with Gasteiger partial charge in [0.05, 0.1) is 26.3 Å². The Morgan fingerprint density at radius 3 is 0.667 bits per heavy atom. The molecule has 0 aromatic heterocycles. The Labute approximate surface area is 102 Å². The molecule has 20 N–H and O–H groups in total. The quantitative estimate of drug-likeness (QED) is 0.334. The zero-order chi connectivity index (χ0) is 6.83. The number of aliphatic hydroxyl groups excluding tert-OH is 2. The van der Waals surface area contributed by atoms with Gasteiger partial charge in [0.2, 0.25) is 0 Å². The molecule has 0 heterocycles. The first-order valence-electron chi connectivity index (χ1n) is 2.63. The molecule has 0 amide bonds. The van der Waals surface area contributed by atoms with Gasteiger partial charge in [-0.25, -0.2) is 0 Å². The van der Waals surface area contributed by atoms with Crippen molar-refractivity contribution in [3.05, 3.63) is 0 Å². The fourth-order valence-electron chi connectivity index (χ4n) is 0. The molecule has 0 spiro atoms. The zero-order valence-electron chi connectivity index (χ0n) is 8.45. The number of quaternary nitrogens is 2. The maximum atomic E-state index is 7.81. The van der Waals surface area contributed by atoms with E-state index in [1.54, 1.807) is 0 Å². The van der Waals surface area contributed by atoms with Crippen molar-refractivity contribution in [3.63, 3.8) is 0 Å². The first-order chi connectivity index (χ1) is 3.83. The van der Waals surface area contributed by atoms with Gasteiger partial charge in [0.25, 0.3) is 0 Å². The monoisotopic (exact) mass is 427 g/mol. The average molecular weight is 427 g/mol. The molecule has 0 rings (SSSR count). The second-order valence-corrected chi connectivity index (χ2v) is 1.15. The van der Waals surface area contributed by atoms with E-state index in [0.29, 0.717) is 13.1 Å². The number of hydrogen-bond donors (Lipinski definition) is 4. The standard InChI is InChI=1S/2C2H7NO.6H2O.Pt/c2*3-1-2-4;;;;;;;/h2*4H,1-3H2;6*1H2;/p+2. The van der Waals surface area contributed by atoms with Crippen LogP contribution in [0.25, 0.3) is 0 Å². The van der Waals surface area contributed by atoms with E-state index in [2.05, 4.69) is 11.5 Å². The topological polar surface area (TPSA) is 285 Å². The first kappa shape index (κ1) is 78.9. The van der Waals surface area contributed by atoms with Crippen LogP contribution in [0.15, 0.2) is 0 Å². The molecule has 0 saturated heterocycles. The van der Waals surface area contributed by atoms with E-state index in [9.17, 15) is 0 Å². The second-order valence-electron chi connectivity index (χ2n) is 1.15. The Bertz CT molecular complexity index is 32.6. The third-order valence-electron chi connectivity index (χ3n) is 0.316. The molecule has 0 aliphatic rings. The Balaban J connectivity index is -0.00000000468. The predicted octanol–water partition coefficient (Wildman–Crippen LogP) is -8.51. The van der Waals surface area contributed by atoms with Gasteiger partial charge in [0.1, 0.15) is 0 Å². The van der Waals surface area contributed by atoms with Crippen LogP contribution in [0.3, 0.4) is 0 Å². The molecule has 0 aromatic rings. The zero-order valence-corrected chi connectivity index (χ0v) is 10.7. The van der Waals surface area contributed by atoms with Crippen LogP contribution in [0, 0.1) is 0 Å². The molecular formula is C4H28N2O8Pt+2. The molecule has 0 bridgehead atoms. The van der Waals surface area contributed by atoms with Crippen LogP contribution in [-0.4, -0.2) is 69.4 Å². The van der Waals surface area contributed by atoms with E-state index < -0.39 is 0 Å². The summed E-state index contributed by atoms with van der Waals surface area (Å²) >= 11 is 0. The molecule has 110 valence electrons. The minimum Gasteiger partial charge on any atom is -0.412 e. The summed E-state index contributed by atoms with van der Waals surface area (Å²) in [6.07, 6.45) is 0. The summed E-state index contributed by atoms with van der Waals surface area (Å²) in [5, 5.41) is 15.6. The Hall–Kier alpha value is 0.288. The van der Waals surface area contributed by atoms with E-state index in [-0.39, 0.29) is 67.1 Å². The van der Waals surface area contributed by atoms with Crippen LogP contribution in [0.5, 0.6) is 0 Å². The fourth-order valence-corrected chi connectivity index (χ4v) is 0. The second kappa shape index (κ2) is 137. The van der Waals surface area contributed by atoms with Crippen LogP contribution >= 0.6 is 0 Å². The van der Waals surface area contributed by atoms with E-state index in [4.69, 9.17) is 10.2 Å². The minimum atomic E-state index is 0. The van der Waals surface area contributed by atoms with Gasteiger partial charge >= 0.3 is 0 Å². The molecule has 0 aromatic carbocycles. The minimum absolute atomic E-state index is 0. The fraction of sp³-hybridized carbons (Fsp3) is 1.00. The molecule has 0 saturated carbocycles. The third-order valence-corrected chi connectivity index (χ3v) is 0.316. The van der Waals surface area contributed by atoms with Gasteiger partial charge in [-0.2, -0.15) is 0 Å². The molecule has 0 fully saturated rings. The van der Waals surface area contributed by atoms with Crippen molar-refractivity contribution in [1.82, 2.24) is 0 Å². The van der Waals surface area contributed by atoms with Gasteiger partial charge in [-0.05, 0) is 0 Å². The van der Waals surface area contributed by atoms with Gasteiger partial charge in [-0.15, -0.1) is 0 Å². The van der Waals surface area contributed by atoms with Gasteiger partial charge in [-0.1, -0.05) is 0 Å². The summed E-state index contributed by atoms with van der Waals surface area (Å²) in [5.41, 5.74) is 6.71. The largest absolute Gasteiger partial charge is 0.412 e. The smallest absolute Gasteiger partial charge is 0.0974 e. The third kappa shape index (κ3) is 412. The Kier molecular flexibility index (Phi) is 722. The molecule has 0 radical (unpaired) electrons. The molecule has 0 aliphatic carbocycles. The Morgan fingerprint density at radius 1 is 0.600 bits per heavy atom. The van der Waals surface area contributed by atoms with Crippen LogP contribution < -0.4 is 11.5 Å². The molecule has 0 aliphatic heterocycles. The molecule has 10 nitrogen and oxygen atoms in total. The molecule has 11 heteroatoms. The maximum absolute atomic E-state index is 7.81. The van der Waals surface area contributed by atoms with Crippen molar-refractivity contribution in [2.75, 3.05) is 26.3 Å². The maximum Gasteiger partial charge on any atom is 0.0974 e. The summed E-state index contributed by atoms with van der Waals surface area (Å²) < 4.78 is 0. The van der Waals surface area contributed by atoms with E-state index in [0.717, 1.165) is 0 Å². The Morgan fingerprint density at radius 2 is 0.667 bits per heavy atom. The number of aliphatic hydroxyl groups is 2. The number of hydrogen-bond acceptors (Lipinski definition) is 2. The van der Waals surface area contributed by atoms with Crippen molar-refractivity contribution >= 4 is 0 Å². The molecule has 0 atom stereocenters. The van der Waals surface area contributed by atoms with E-state index in [1.165, 1.54) is 0 Å². The van der Waals surface area contributed by atoms with Gasteiger partial charge in [0, 0.05) is 21.1 Å². The van der Waals surface area contributed by atoms with Crippen molar-refractivity contribution in [1.29, 1.82) is 0 Å². The predicted molar refractivity (Wildman–Crippen MR) is 51.4 cm³/mol. The SMILES string of the molecule is O.O.O.O.O.O.[NH3+]CCO.[NH3+]CCO.[Pt]. The van der Waals surface area contributed by atoms with Gasteiger partial charge < -0.3 is 54.5 Å². The summed E-state index contributed by atoms with van der Waals surface area (Å²) in [5.74, 6) is 0. The summed E-state index contributed by atoms with van der Waals surface area (Å²) in [6.45, 7) is 1.67. The van der Waals surface area contributed by atoms with Crippen molar-refractivity contribution < 1.29 is 75.6 Å². The van der Waals surface area contributed by atoms with Gasteiger partial charge in [-0.3, -0.25) is 0 Å². The normalized spacial score (nSPS) is 4.00. The van der Waals surface area contributed by atoms with Crippen molar-refractivity contribution in [2.24, 2.45) is 0 Å². The molecule has 0 unspecified atom stereocenters. The average Bonchev–Trinajstić information content (AvgIpc) is 1.88. The molecule has 15 heavy (non-hydrogen) atoms. The summed E-state index contributed by atoms with van der Waals surface area (Å²) in [6, 6.07) is 0. The van der Waals surface area contributed by atoms with E-state index in [1.807, 2.05) is 0 Å². The number of rotatable bonds is 2. The van der Waals surface area contributed by atoms with Crippen LogP contribution in [-0.2, 0) is 21.1 Å². The van der Waals surface area contributed by atoms with Crippen LogP contribution in [0.1, 0.15) is 0 Å². The van der Waals surface area contributed by atoms with Crippen molar-refractivity contribution in [3.8, 4) is 0 Å². The van der Waals surface area contributed by atoms with Crippen LogP contribution in [0.4, 0.5) is 0 Å².